The van der Waals surface area contributed by atoms with E-state index in [0.717, 1.165) is 10.3 Å². The number of thioether (sulfide) groups is 1. The van der Waals surface area contributed by atoms with Crippen molar-refractivity contribution < 1.29 is 29.0 Å². The van der Waals surface area contributed by atoms with Gasteiger partial charge in [0.05, 0.1) is 24.1 Å². The Morgan fingerprint density at radius 1 is 0.894 bits per heavy atom. The van der Waals surface area contributed by atoms with Gasteiger partial charge in [0.15, 0.2) is 0 Å². The van der Waals surface area contributed by atoms with E-state index in [4.69, 9.17) is 10.5 Å². The average Bonchev–Trinajstić information content (AvgIpc) is 3.02. The van der Waals surface area contributed by atoms with Gasteiger partial charge in [-0.2, -0.15) is 0 Å². The fourth-order valence-electron chi connectivity index (χ4n) is 4.71. The summed E-state index contributed by atoms with van der Waals surface area (Å²) in [6.45, 7) is 5.62. The second-order valence-electron chi connectivity index (χ2n) is 12.0. The number of ether oxygens (including phenoxy) is 1. The van der Waals surface area contributed by atoms with Gasteiger partial charge in [-0.3, -0.25) is 14.4 Å². The summed E-state index contributed by atoms with van der Waals surface area (Å²) in [6.07, 6.45) is -2.64. The van der Waals surface area contributed by atoms with Gasteiger partial charge < -0.3 is 31.5 Å². The SMILES string of the molecule is CC(C)(C)NC(=O)c1ccccc1C[C@@H](O)[C@H](CSc1ccccc1)NC(=O)[C@H](CC(N)=O)NC(=O)Oc1ccc2ccccc2n1. The van der Waals surface area contributed by atoms with Crippen molar-refractivity contribution in [1.82, 2.24) is 20.9 Å². The maximum absolute atomic E-state index is 13.6. The first-order valence-corrected chi connectivity index (χ1v) is 16.1. The van der Waals surface area contributed by atoms with Crippen LogP contribution in [0.4, 0.5) is 4.79 Å². The number of aliphatic hydroxyl groups is 1. The zero-order valence-corrected chi connectivity index (χ0v) is 27.3. The number of para-hydroxylation sites is 1. The third-order valence-corrected chi connectivity index (χ3v) is 8.06. The number of aromatic nitrogens is 1. The van der Waals surface area contributed by atoms with Crippen molar-refractivity contribution in [2.75, 3.05) is 5.75 Å². The molecular weight excluding hydrogens is 618 g/mol. The highest BCUT2D eigenvalue weighted by Gasteiger charge is 2.30. The molecule has 0 aliphatic carbocycles. The van der Waals surface area contributed by atoms with E-state index >= 15 is 0 Å². The Balaban J connectivity index is 1.51. The second kappa shape index (κ2) is 16.1. The molecule has 0 aliphatic heterocycles. The highest BCUT2D eigenvalue weighted by molar-refractivity contribution is 7.99. The molecule has 11 nitrogen and oxygen atoms in total. The summed E-state index contributed by atoms with van der Waals surface area (Å²) < 4.78 is 5.31. The molecular formula is C35H39N5O6S. The number of nitrogens with two attached hydrogens (primary N) is 1. The molecule has 0 saturated carbocycles. The first-order chi connectivity index (χ1) is 22.4. The predicted molar refractivity (Wildman–Crippen MR) is 181 cm³/mol. The van der Waals surface area contributed by atoms with E-state index in [2.05, 4.69) is 20.9 Å². The molecule has 6 N–H and O–H groups in total. The van der Waals surface area contributed by atoms with Gasteiger partial charge in [0.1, 0.15) is 6.04 Å². The van der Waals surface area contributed by atoms with Crippen molar-refractivity contribution >= 4 is 46.5 Å². The fourth-order valence-corrected chi connectivity index (χ4v) is 5.74. The van der Waals surface area contributed by atoms with Gasteiger partial charge in [-0.15, -0.1) is 11.8 Å². The van der Waals surface area contributed by atoms with Crippen molar-refractivity contribution in [1.29, 1.82) is 0 Å². The first-order valence-electron chi connectivity index (χ1n) is 15.1. The summed E-state index contributed by atoms with van der Waals surface area (Å²) in [5.74, 6) is -1.62. The quantitative estimate of drug-likeness (QED) is 0.134. The van der Waals surface area contributed by atoms with Crippen LogP contribution in [0.3, 0.4) is 0 Å². The van der Waals surface area contributed by atoms with Gasteiger partial charge in [0.2, 0.25) is 17.7 Å². The van der Waals surface area contributed by atoms with Crippen LogP contribution in [0.1, 0.15) is 43.1 Å². The van der Waals surface area contributed by atoms with E-state index in [9.17, 15) is 24.3 Å². The maximum atomic E-state index is 13.6. The Morgan fingerprint density at radius 3 is 2.30 bits per heavy atom. The minimum Gasteiger partial charge on any atom is -0.391 e. The largest absolute Gasteiger partial charge is 0.414 e. The number of fused-ring (bicyclic) bond motifs is 1. The lowest BCUT2D eigenvalue weighted by molar-refractivity contribution is -0.128. The first kappa shape index (κ1) is 34.9. The van der Waals surface area contributed by atoms with Crippen LogP contribution in [0.5, 0.6) is 5.88 Å². The molecule has 0 fully saturated rings. The zero-order chi connectivity index (χ0) is 34.0. The topological polar surface area (TPSA) is 173 Å². The zero-order valence-electron chi connectivity index (χ0n) is 26.4. The standard InChI is InChI=1S/C35H39N5O6S/c1-35(2,3)40-32(43)25-15-9-7-12-23(25)19-29(41)28(21-47-24-13-5-4-6-14-24)38-33(44)27(20-30(36)42)39-34(45)46-31-18-17-22-11-8-10-16-26(22)37-31/h4-18,27-29,41H,19-21H2,1-3H3,(H2,36,42)(H,38,44)(H,39,45)(H,40,43)/t27-,28-,29+/m0/s1. The van der Waals surface area contributed by atoms with Crippen LogP contribution in [0.2, 0.25) is 0 Å². The van der Waals surface area contributed by atoms with Crippen LogP contribution in [-0.2, 0) is 16.0 Å². The van der Waals surface area contributed by atoms with Crippen LogP contribution < -0.4 is 26.4 Å². The van der Waals surface area contributed by atoms with Crippen LogP contribution >= 0.6 is 11.8 Å². The molecule has 4 rings (SSSR count). The summed E-state index contributed by atoms with van der Waals surface area (Å²) in [7, 11) is 0. The Labute approximate surface area is 277 Å². The maximum Gasteiger partial charge on any atom is 0.414 e. The van der Waals surface area contributed by atoms with Crippen LogP contribution in [0, 0.1) is 0 Å². The highest BCUT2D eigenvalue weighted by Crippen LogP contribution is 2.22. The van der Waals surface area contributed by atoms with Crippen molar-refractivity contribution in [3.8, 4) is 5.88 Å². The smallest absolute Gasteiger partial charge is 0.391 e. The molecule has 246 valence electrons. The summed E-state index contributed by atoms with van der Waals surface area (Å²) in [4.78, 5) is 56.5. The van der Waals surface area contributed by atoms with Crippen LogP contribution in [-0.4, -0.2) is 63.4 Å². The Hall–Kier alpha value is -4.94. The molecule has 0 spiro atoms. The third kappa shape index (κ3) is 10.8. The Morgan fingerprint density at radius 2 is 1.57 bits per heavy atom. The van der Waals surface area contributed by atoms with E-state index in [1.807, 2.05) is 63.2 Å². The number of nitrogens with one attached hydrogen (secondary N) is 3. The number of primary amides is 1. The van der Waals surface area contributed by atoms with Gasteiger partial charge in [0, 0.05) is 39.6 Å². The van der Waals surface area contributed by atoms with Gasteiger partial charge in [-0.25, -0.2) is 9.78 Å². The number of nitrogens with zero attached hydrogens (tertiary/aromatic N) is 1. The van der Waals surface area contributed by atoms with Crippen LogP contribution in [0.15, 0.2) is 95.9 Å². The molecule has 0 radical (unpaired) electrons. The van der Waals surface area contributed by atoms with E-state index in [1.165, 1.54) is 17.8 Å². The Bertz CT molecular complexity index is 1710. The molecule has 0 saturated heterocycles. The lowest BCUT2D eigenvalue weighted by Gasteiger charge is -2.27. The van der Waals surface area contributed by atoms with Crippen molar-refractivity contribution in [2.45, 2.75) is 62.2 Å². The molecule has 1 heterocycles. The molecule has 0 aliphatic rings. The average molecular weight is 658 g/mol. The molecule has 1 aromatic heterocycles. The number of carbonyl (C=O) groups excluding carboxylic acids is 4. The summed E-state index contributed by atoms with van der Waals surface area (Å²) >= 11 is 1.40. The third-order valence-electron chi connectivity index (χ3n) is 6.93. The summed E-state index contributed by atoms with van der Waals surface area (Å²) in [5.41, 5.74) is 6.55. The van der Waals surface area contributed by atoms with Crippen molar-refractivity contribution in [2.24, 2.45) is 5.73 Å². The highest BCUT2D eigenvalue weighted by atomic mass is 32.2. The molecule has 3 aromatic carbocycles. The number of hydrogen-bond acceptors (Lipinski definition) is 8. The molecule has 0 bridgehead atoms. The molecule has 47 heavy (non-hydrogen) atoms. The van der Waals surface area contributed by atoms with Crippen LogP contribution in [0.25, 0.3) is 10.9 Å². The Kier molecular flexibility index (Phi) is 11.9. The van der Waals surface area contributed by atoms with Gasteiger partial charge in [-0.1, -0.05) is 54.6 Å². The number of rotatable bonds is 13. The molecule has 12 heteroatoms. The number of carbonyl (C=O) groups is 4. The minimum absolute atomic E-state index is 0.00107. The summed E-state index contributed by atoms with van der Waals surface area (Å²) in [6, 6.07) is 24.6. The lowest BCUT2D eigenvalue weighted by atomic mass is 9.97. The molecule has 0 unspecified atom stereocenters. The normalized spacial score (nSPS) is 13.2. The summed E-state index contributed by atoms with van der Waals surface area (Å²) in [5, 5.41) is 20.5. The molecule has 4 amide bonds. The van der Waals surface area contributed by atoms with Gasteiger partial charge >= 0.3 is 6.09 Å². The predicted octanol–water partition coefficient (Wildman–Crippen LogP) is 3.98. The van der Waals surface area contributed by atoms with Crippen molar-refractivity contribution in [3.63, 3.8) is 0 Å². The van der Waals surface area contributed by atoms with Gasteiger partial charge in [-0.05, 0) is 56.7 Å². The number of aliphatic hydroxyl groups excluding tert-OH is 1. The second-order valence-corrected chi connectivity index (χ2v) is 13.1. The van der Waals surface area contributed by atoms with Crippen molar-refractivity contribution in [3.05, 3.63) is 102 Å². The fraction of sp³-hybridized carbons (Fsp3) is 0.286. The lowest BCUT2D eigenvalue weighted by Crippen LogP contribution is -2.55. The number of hydrogen-bond donors (Lipinski definition) is 5. The van der Waals surface area contributed by atoms with E-state index in [1.54, 1.807) is 42.5 Å². The minimum atomic E-state index is -1.40. The molecule has 3 atom stereocenters. The number of amides is 4. The van der Waals surface area contributed by atoms with E-state index in [-0.39, 0.29) is 24.0 Å². The van der Waals surface area contributed by atoms with E-state index in [0.29, 0.717) is 16.6 Å². The van der Waals surface area contributed by atoms with E-state index < -0.39 is 48.1 Å². The monoisotopic (exact) mass is 657 g/mol. The number of pyridine rings is 1. The number of benzene rings is 3. The van der Waals surface area contributed by atoms with Gasteiger partial charge in [0.25, 0.3) is 5.91 Å². The molecule has 4 aromatic rings.